The summed E-state index contributed by atoms with van der Waals surface area (Å²) in [4.78, 5) is 11.7. The largest absolute Gasteiger partial charge is 0.534 e. The molecule has 0 saturated heterocycles. The number of halogens is 4. The molecule has 1 unspecified atom stereocenters. The van der Waals surface area contributed by atoms with E-state index in [1.54, 1.807) is 0 Å². The molecule has 0 amide bonds. The number of carboxylic acids is 1. The molecule has 1 N–H and O–H groups in total. The van der Waals surface area contributed by atoms with Crippen LogP contribution in [0, 0.1) is 12.7 Å². The fourth-order valence-corrected chi connectivity index (χ4v) is 3.09. The SMILES string of the molecule is Cc1c(F)cccc1C1(C(=O)O)C=C(OS(=O)(=O)C(F)(F)F)CC1. The van der Waals surface area contributed by atoms with Crippen molar-refractivity contribution in [3.05, 3.63) is 47.0 Å². The van der Waals surface area contributed by atoms with Crippen molar-refractivity contribution in [2.45, 2.75) is 30.7 Å². The minimum Gasteiger partial charge on any atom is -0.480 e. The van der Waals surface area contributed by atoms with E-state index in [4.69, 9.17) is 0 Å². The van der Waals surface area contributed by atoms with Gasteiger partial charge in [0, 0.05) is 6.42 Å². The second-order valence-electron chi connectivity index (χ2n) is 5.28. The predicted molar refractivity (Wildman–Crippen MR) is 73.8 cm³/mol. The maximum atomic E-state index is 13.7. The molecular formula is C14H12F4O5S. The van der Waals surface area contributed by atoms with Gasteiger partial charge in [0.1, 0.15) is 17.0 Å². The lowest BCUT2D eigenvalue weighted by molar-refractivity contribution is -0.141. The average molecular weight is 368 g/mol. The van der Waals surface area contributed by atoms with E-state index in [0.29, 0.717) is 0 Å². The molecule has 0 radical (unpaired) electrons. The Labute approximate surface area is 134 Å². The van der Waals surface area contributed by atoms with Crippen LogP contribution in [-0.4, -0.2) is 25.0 Å². The monoisotopic (exact) mass is 368 g/mol. The maximum Gasteiger partial charge on any atom is 0.534 e. The van der Waals surface area contributed by atoms with Crippen molar-refractivity contribution in [1.82, 2.24) is 0 Å². The lowest BCUT2D eigenvalue weighted by Crippen LogP contribution is -2.32. The summed E-state index contributed by atoms with van der Waals surface area (Å²) >= 11 is 0. The smallest absolute Gasteiger partial charge is 0.480 e. The Morgan fingerprint density at radius 2 is 1.96 bits per heavy atom. The van der Waals surface area contributed by atoms with E-state index in [2.05, 4.69) is 4.18 Å². The van der Waals surface area contributed by atoms with E-state index in [0.717, 1.165) is 12.1 Å². The number of hydrogen-bond donors (Lipinski definition) is 1. The van der Waals surface area contributed by atoms with E-state index >= 15 is 0 Å². The molecule has 0 aliphatic heterocycles. The zero-order valence-corrected chi connectivity index (χ0v) is 13.0. The molecule has 1 aliphatic carbocycles. The summed E-state index contributed by atoms with van der Waals surface area (Å²) < 4.78 is 76.9. The number of rotatable bonds is 4. The van der Waals surface area contributed by atoms with Crippen LogP contribution in [0.2, 0.25) is 0 Å². The summed E-state index contributed by atoms with van der Waals surface area (Å²) in [6, 6.07) is 3.70. The first-order valence-electron chi connectivity index (χ1n) is 6.62. The lowest BCUT2D eigenvalue weighted by atomic mass is 9.78. The Hall–Kier alpha value is -2.10. The number of allylic oxidation sites excluding steroid dienone is 1. The summed E-state index contributed by atoms with van der Waals surface area (Å²) in [5, 5.41) is 9.51. The van der Waals surface area contributed by atoms with Gasteiger partial charge in [0.15, 0.2) is 0 Å². The number of hydrogen-bond acceptors (Lipinski definition) is 4. The topological polar surface area (TPSA) is 80.7 Å². The van der Waals surface area contributed by atoms with Gasteiger partial charge in [0.05, 0.1) is 0 Å². The molecule has 5 nitrogen and oxygen atoms in total. The van der Waals surface area contributed by atoms with Gasteiger partial charge in [-0.25, -0.2) is 4.39 Å². The van der Waals surface area contributed by atoms with Crippen molar-refractivity contribution in [2.24, 2.45) is 0 Å². The fourth-order valence-electron chi connectivity index (χ4n) is 2.58. The zero-order valence-electron chi connectivity index (χ0n) is 12.2. The van der Waals surface area contributed by atoms with Crippen LogP contribution in [0.5, 0.6) is 0 Å². The Morgan fingerprint density at radius 1 is 1.33 bits per heavy atom. The maximum absolute atomic E-state index is 13.7. The van der Waals surface area contributed by atoms with Crippen LogP contribution >= 0.6 is 0 Å². The number of carboxylic acid groups (broad SMARTS) is 1. The first-order valence-corrected chi connectivity index (χ1v) is 8.03. The van der Waals surface area contributed by atoms with Crippen molar-refractivity contribution >= 4 is 16.1 Å². The predicted octanol–water partition coefficient (Wildman–Crippen LogP) is 3.00. The number of carbonyl (C=O) groups is 1. The number of aliphatic carboxylic acids is 1. The van der Waals surface area contributed by atoms with Crippen molar-refractivity contribution in [2.75, 3.05) is 0 Å². The van der Waals surface area contributed by atoms with Crippen molar-refractivity contribution in [1.29, 1.82) is 0 Å². The zero-order chi connectivity index (χ0) is 18.3. The van der Waals surface area contributed by atoms with Crippen LogP contribution in [0.3, 0.4) is 0 Å². The molecule has 1 aromatic rings. The van der Waals surface area contributed by atoms with Crippen molar-refractivity contribution in [3.8, 4) is 0 Å². The third kappa shape index (κ3) is 2.97. The molecule has 0 bridgehead atoms. The molecule has 2 rings (SSSR count). The Kier molecular flexibility index (Phi) is 4.38. The molecule has 0 heterocycles. The molecule has 1 aliphatic rings. The second-order valence-corrected chi connectivity index (χ2v) is 6.82. The second kappa shape index (κ2) is 5.76. The van der Waals surface area contributed by atoms with Gasteiger partial charge in [-0.05, 0) is 36.6 Å². The van der Waals surface area contributed by atoms with Gasteiger partial charge in [-0.15, -0.1) is 0 Å². The highest BCUT2D eigenvalue weighted by Crippen LogP contribution is 2.43. The third-order valence-corrected chi connectivity index (χ3v) is 4.80. The van der Waals surface area contributed by atoms with Crippen molar-refractivity contribution < 1.29 is 40.1 Å². The minimum absolute atomic E-state index is 0.0103. The summed E-state index contributed by atoms with van der Waals surface area (Å²) in [5.41, 5.74) is -7.45. The number of benzene rings is 1. The van der Waals surface area contributed by atoms with Crippen LogP contribution in [0.25, 0.3) is 0 Å². The van der Waals surface area contributed by atoms with Crippen molar-refractivity contribution in [3.63, 3.8) is 0 Å². The highest BCUT2D eigenvalue weighted by Gasteiger charge is 2.51. The van der Waals surface area contributed by atoms with Gasteiger partial charge in [-0.2, -0.15) is 21.6 Å². The Bertz CT molecular complexity index is 813. The van der Waals surface area contributed by atoms with E-state index in [1.807, 2.05) is 0 Å². The molecule has 0 saturated carbocycles. The summed E-state index contributed by atoms with van der Waals surface area (Å²) in [5.74, 6) is -2.77. The van der Waals surface area contributed by atoms with Gasteiger partial charge in [0.2, 0.25) is 0 Å². The molecular weight excluding hydrogens is 356 g/mol. The van der Waals surface area contributed by atoms with Gasteiger partial charge in [-0.1, -0.05) is 12.1 Å². The average Bonchev–Trinajstić information content (AvgIpc) is 2.85. The van der Waals surface area contributed by atoms with Gasteiger partial charge in [-0.3, -0.25) is 4.79 Å². The molecule has 10 heteroatoms. The molecule has 132 valence electrons. The van der Waals surface area contributed by atoms with Crippen LogP contribution in [0.1, 0.15) is 24.0 Å². The van der Waals surface area contributed by atoms with E-state index in [9.17, 15) is 35.9 Å². The standard InChI is InChI=1S/C14H12F4O5S/c1-8-10(3-2-4-11(8)15)13(12(19)20)6-5-9(7-13)23-24(21,22)14(16,17)18/h2-4,7H,5-6H2,1H3,(H,19,20). The molecule has 0 spiro atoms. The molecule has 24 heavy (non-hydrogen) atoms. The van der Waals surface area contributed by atoms with Gasteiger partial charge >= 0.3 is 21.6 Å². The highest BCUT2D eigenvalue weighted by molar-refractivity contribution is 7.87. The quantitative estimate of drug-likeness (QED) is 0.502. The van der Waals surface area contributed by atoms with Gasteiger partial charge < -0.3 is 9.29 Å². The number of alkyl halides is 3. The molecule has 1 atom stereocenters. The first-order chi connectivity index (χ1) is 10.9. The van der Waals surface area contributed by atoms with Crippen LogP contribution in [0.15, 0.2) is 30.0 Å². The molecule has 0 aromatic heterocycles. The van der Waals surface area contributed by atoms with Crippen LogP contribution < -0.4 is 0 Å². The fraction of sp³-hybridized carbons (Fsp3) is 0.357. The summed E-state index contributed by atoms with van der Waals surface area (Å²) in [6.07, 6.45) is 0.188. The molecule has 0 fully saturated rings. The van der Waals surface area contributed by atoms with Gasteiger partial charge in [0.25, 0.3) is 0 Å². The summed E-state index contributed by atoms with van der Waals surface area (Å²) in [7, 11) is -5.89. The first kappa shape index (κ1) is 18.2. The highest BCUT2D eigenvalue weighted by atomic mass is 32.2. The summed E-state index contributed by atoms with van der Waals surface area (Å²) in [6.45, 7) is 1.33. The minimum atomic E-state index is -5.89. The lowest BCUT2D eigenvalue weighted by Gasteiger charge is -2.24. The molecule has 1 aromatic carbocycles. The third-order valence-electron chi connectivity index (χ3n) is 3.80. The Balaban J connectivity index is 2.50. The normalized spacial score (nSPS) is 21.5. The van der Waals surface area contributed by atoms with E-state index < -0.39 is 38.6 Å². The van der Waals surface area contributed by atoms with Crippen LogP contribution in [-0.2, 0) is 24.5 Å². The van der Waals surface area contributed by atoms with E-state index in [1.165, 1.54) is 19.1 Å². The Morgan fingerprint density at radius 3 is 2.50 bits per heavy atom. The van der Waals surface area contributed by atoms with Crippen LogP contribution in [0.4, 0.5) is 17.6 Å². The van der Waals surface area contributed by atoms with E-state index in [-0.39, 0.29) is 24.0 Å².